The molecule has 0 heterocycles. The molecule has 0 saturated heterocycles. The van der Waals surface area contributed by atoms with E-state index in [1.807, 2.05) is 0 Å². The van der Waals surface area contributed by atoms with E-state index in [2.05, 4.69) is 0 Å². The van der Waals surface area contributed by atoms with Crippen LogP contribution in [0.25, 0.3) is 0 Å². The molecule has 0 unspecified atom stereocenters. The summed E-state index contributed by atoms with van der Waals surface area (Å²) in [5, 5.41) is 0. The third-order valence-electron chi connectivity index (χ3n) is 2.22. The molecule has 0 N–H and O–H groups in total. The minimum Gasteiger partial charge on any atom is -0.294 e. The van der Waals surface area contributed by atoms with Crippen LogP contribution in [-0.2, 0) is 6.18 Å². The summed E-state index contributed by atoms with van der Waals surface area (Å²) >= 11 is 0. The van der Waals surface area contributed by atoms with E-state index in [-0.39, 0.29) is 0 Å². The van der Waals surface area contributed by atoms with Gasteiger partial charge in [-0.1, -0.05) is 32.9 Å². The molecular weight excluding hydrogens is 236 g/mol. The van der Waals surface area contributed by atoms with Crippen LogP contribution in [0.15, 0.2) is 18.2 Å². The van der Waals surface area contributed by atoms with Crippen molar-refractivity contribution >= 4 is 5.78 Å². The number of benzene rings is 1. The molecule has 0 amide bonds. The first-order valence-corrected chi connectivity index (χ1v) is 4.95. The van der Waals surface area contributed by atoms with Crippen LogP contribution >= 0.6 is 0 Å². The van der Waals surface area contributed by atoms with Crippen molar-refractivity contribution in [2.45, 2.75) is 26.9 Å². The molecule has 0 aliphatic rings. The Balaban J connectivity index is 3.46. The number of hydrogen-bond acceptors (Lipinski definition) is 1. The maximum absolute atomic E-state index is 13.2. The van der Waals surface area contributed by atoms with Crippen LogP contribution in [0.1, 0.15) is 36.7 Å². The van der Waals surface area contributed by atoms with E-state index in [1.54, 1.807) is 0 Å². The van der Waals surface area contributed by atoms with E-state index in [9.17, 15) is 22.4 Å². The van der Waals surface area contributed by atoms with Gasteiger partial charge in [0.2, 0.25) is 0 Å². The van der Waals surface area contributed by atoms with Gasteiger partial charge >= 0.3 is 6.18 Å². The van der Waals surface area contributed by atoms with Crippen LogP contribution in [0, 0.1) is 11.2 Å². The largest absolute Gasteiger partial charge is 0.419 e. The van der Waals surface area contributed by atoms with Crippen molar-refractivity contribution in [1.29, 1.82) is 0 Å². The second-order valence-electron chi connectivity index (χ2n) is 4.74. The Labute approximate surface area is 96.4 Å². The highest BCUT2D eigenvalue weighted by molar-refractivity contribution is 6.01. The molecule has 0 saturated carbocycles. The molecular formula is C12H12F4O. The van der Waals surface area contributed by atoms with Gasteiger partial charge in [0.15, 0.2) is 5.78 Å². The zero-order chi connectivity index (χ0) is 13.4. The lowest BCUT2D eigenvalue weighted by atomic mass is 9.84. The Morgan fingerprint density at radius 2 is 1.65 bits per heavy atom. The lowest BCUT2D eigenvalue weighted by Gasteiger charge is -2.20. The van der Waals surface area contributed by atoms with Gasteiger partial charge in [-0.05, 0) is 6.07 Å². The topological polar surface area (TPSA) is 17.1 Å². The molecule has 0 fully saturated rings. The van der Waals surface area contributed by atoms with Crippen molar-refractivity contribution in [3.63, 3.8) is 0 Å². The highest BCUT2D eigenvalue weighted by Crippen LogP contribution is 2.36. The van der Waals surface area contributed by atoms with Gasteiger partial charge in [0.1, 0.15) is 11.4 Å². The summed E-state index contributed by atoms with van der Waals surface area (Å²) in [5.74, 6) is -2.16. The van der Waals surface area contributed by atoms with Crippen LogP contribution in [0.5, 0.6) is 0 Å². The van der Waals surface area contributed by atoms with Crippen LogP contribution in [0.2, 0.25) is 0 Å². The summed E-state index contributed by atoms with van der Waals surface area (Å²) in [6, 6.07) is 2.80. The fourth-order valence-electron chi connectivity index (χ4n) is 1.41. The molecule has 0 aliphatic heterocycles. The maximum Gasteiger partial charge on any atom is 0.419 e. The monoisotopic (exact) mass is 248 g/mol. The van der Waals surface area contributed by atoms with E-state index in [0.717, 1.165) is 12.1 Å². The summed E-state index contributed by atoms with van der Waals surface area (Å²) < 4.78 is 51.2. The van der Waals surface area contributed by atoms with Gasteiger partial charge in [-0.3, -0.25) is 4.79 Å². The van der Waals surface area contributed by atoms with Crippen LogP contribution < -0.4 is 0 Å². The zero-order valence-electron chi connectivity index (χ0n) is 9.65. The van der Waals surface area contributed by atoms with Gasteiger partial charge in [0.25, 0.3) is 0 Å². The fraction of sp³-hybridized carbons (Fsp3) is 0.417. The van der Waals surface area contributed by atoms with Crippen molar-refractivity contribution in [2.75, 3.05) is 0 Å². The summed E-state index contributed by atoms with van der Waals surface area (Å²) in [6.07, 6.45) is -4.87. The average molecular weight is 248 g/mol. The second kappa shape index (κ2) is 4.13. The molecule has 0 spiro atoms. The van der Waals surface area contributed by atoms with Gasteiger partial charge in [0.05, 0.1) is 0 Å². The van der Waals surface area contributed by atoms with E-state index >= 15 is 0 Å². The van der Waals surface area contributed by atoms with E-state index < -0.39 is 34.3 Å². The molecule has 0 aliphatic carbocycles. The number of carbonyl (C=O) groups is 1. The first kappa shape index (κ1) is 13.7. The smallest absolute Gasteiger partial charge is 0.294 e. The lowest BCUT2D eigenvalue weighted by molar-refractivity contribution is -0.140. The quantitative estimate of drug-likeness (QED) is 0.540. The molecule has 0 aromatic heterocycles. The van der Waals surface area contributed by atoms with E-state index in [4.69, 9.17) is 0 Å². The molecule has 5 heteroatoms. The molecule has 1 nitrogen and oxygen atoms in total. The van der Waals surface area contributed by atoms with Crippen LogP contribution in [0.3, 0.4) is 0 Å². The molecule has 0 atom stereocenters. The number of carbonyl (C=O) groups excluding carboxylic acids is 1. The van der Waals surface area contributed by atoms with Gasteiger partial charge in [-0.25, -0.2) is 4.39 Å². The lowest BCUT2D eigenvalue weighted by Crippen LogP contribution is -2.24. The number of halogens is 4. The second-order valence-corrected chi connectivity index (χ2v) is 4.74. The Morgan fingerprint density at radius 1 is 1.12 bits per heavy atom. The third-order valence-corrected chi connectivity index (χ3v) is 2.22. The van der Waals surface area contributed by atoms with Crippen molar-refractivity contribution < 1.29 is 22.4 Å². The third kappa shape index (κ3) is 2.84. The number of rotatable bonds is 1. The van der Waals surface area contributed by atoms with Gasteiger partial charge < -0.3 is 0 Å². The van der Waals surface area contributed by atoms with Gasteiger partial charge in [-0.15, -0.1) is 0 Å². The molecule has 0 radical (unpaired) electrons. The van der Waals surface area contributed by atoms with Gasteiger partial charge in [-0.2, -0.15) is 13.2 Å². The Morgan fingerprint density at radius 3 is 2.06 bits per heavy atom. The van der Waals surface area contributed by atoms with E-state index in [1.165, 1.54) is 20.8 Å². The molecule has 0 bridgehead atoms. The number of ketones is 1. The molecule has 1 rings (SSSR count). The van der Waals surface area contributed by atoms with Crippen LogP contribution in [0.4, 0.5) is 17.6 Å². The SMILES string of the molecule is CC(C)(C)C(=O)c1cccc(F)c1C(F)(F)F. The number of hydrogen-bond donors (Lipinski definition) is 0. The first-order chi connectivity index (χ1) is 7.55. The van der Waals surface area contributed by atoms with Gasteiger partial charge in [0, 0.05) is 11.0 Å². The predicted molar refractivity (Wildman–Crippen MR) is 55.2 cm³/mol. The average Bonchev–Trinajstić information content (AvgIpc) is 2.12. The summed E-state index contributed by atoms with van der Waals surface area (Å²) in [4.78, 5) is 11.8. The number of Topliss-reactive ketones (excluding diaryl/α,β-unsaturated/α-hetero) is 1. The summed E-state index contributed by atoms with van der Waals surface area (Å²) in [6.45, 7) is 4.46. The molecule has 17 heavy (non-hydrogen) atoms. The van der Waals surface area contributed by atoms with Crippen LogP contribution in [-0.4, -0.2) is 5.78 Å². The first-order valence-electron chi connectivity index (χ1n) is 4.95. The van der Waals surface area contributed by atoms with Crippen molar-refractivity contribution in [3.05, 3.63) is 35.1 Å². The minimum atomic E-state index is -4.87. The van der Waals surface area contributed by atoms with Crippen molar-refractivity contribution in [2.24, 2.45) is 5.41 Å². The molecule has 94 valence electrons. The summed E-state index contributed by atoms with van der Waals surface area (Å²) in [5.41, 5.74) is -3.10. The standard InChI is InChI=1S/C12H12F4O/c1-11(2,3)10(17)7-5-4-6-8(13)9(7)12(14,15)16/h4-6H,1-3H3. The Hall–Kier alpha value is -1.39. The van der Waals surface area contributed by atoms with E-state index in [0.29, 0.717) is 6.07 Å². The fourth-order valence-corrected chi connectivity index (χ4v) is 1.41. The highest BCUT2D eigenvalue weighted by Gasteiger charge is 2.40. The summed E-state index contributed by atoms with van der Waals surface area (Å²) in [7, 11) is 0. The molecule has 1 aromatic rings. The number of alkyl halides is 3. The minimum absolute atomic E-state index is 0.620. The normalized spacial score (nSPS) is 12.6. The van der Waals surface area contributed by atoms with Crippen molar-refractivity contribution in [3.8, 4) is 0 Å². The Bertz CT molecular complexity index is 441. The zero-order valence-corrected chi connectivity index (χ0v) is 9.65. The maximum atomic E-state index is 13.2. The molecule has 1 aromatic carbocycles. The predicted octanol–water partition coefficient (Wildman–Crippen LogP) is 4.07. The van der Waals surface area contributed by atoms with Crippen molar-refractivity contribution in [1.82, 2.24) is 0 Å². The highest BCUT2D eigenvalue weighted by atomic mass is 19.4. The Kier molecular flexibility index (Phi) is 3.32.